The molecule has 1 aromatic rings. The van der Waals surface area contributed by atoms with Gasteiger partial charge in [-0.05, 0) is 28.9 Å². The van der Waals surface area contributed by atoms with Crippen molar-refractivity contribution in [3.8, 4) is 0 Å². The number of nitrogen functional groups attached to an aromatic ring is 1. The van der Waals surface area contributed by atoms with E-state index in [9.17, 15) is 4.79 Å². The Balaban J connectivity index is 3.04. The molecule has 6 heteroatoms. The minimum Gasteiger partial charge on any atom is -0.480 e. The van der Waals surface area contributed by atoms with Crippen LogP contribution in [-0.2, 0) is 4.79 Å². The van der Waals surface area contributed by atoms with Crippen LogP contribution >= 0.6 is 15.9 Å². The highest BCUT2D eigenvalue weighted by Gasteiger charge is 2.19. The molecule has 0 fully saturated rings. The Kier molecular flexibility index (Phi) is 3.52. The molecule has 0 aliphatic carbocycles. The Morgan fingerprint density at radius 1 is 1.73 bits per heavy atom. The molecule has 1 aromatic heterocycles. The number of aliphatic carboxylic acids is 1. The molecule has 0 amide bonds. The Morgan fingerprint density at radius 2 is 2.33 bits per heavy atom. The first-order valence-electron chi connectivity index (χ1n) is 4.30. The van der Waals surface area contributed by atoms with Crippen LogP contribution in [0.5, 0.6) is 0 Å². The van der Waals surface area contributed by atoms with Gasteiger partial charge in [-0.15, -0.1) is 0 Å². The standard InChI is InChI=1S/C9H12BrN3O2/c1-5(9(14)15)13(2)7-3-6(10)4-12-8(7)11/h3-5H,1-2H3,(H2,11,12)(H,14,15). The van der Waals surface area contributed by atoms with E-state index in [2.05, 4.69) is 20.9 Å². The quantitative estimate of drug-likeness (QED) is 0.869. The second kappa shape index (κ2) is 4.48. The highest BCUT2D eigenvalue weighted by Crippen LogP contribution is 2.25. The van der Waals surface area contributed by atoms with E-state index in [1.807, 2.05) is 0 Å². The Morgan fingerprint density at radius 3 is 2.87 bits per heavy atom. The minimum atomic E-state index is -0.906. The van der Waals surface area contributed by atoms with Gasteiger partial charge in [-0.1, -0.05) is 0 Å². The molecule has 0 aliphatic rings. The van der Waals surface area contributed by atoms with E-state index in [0.29, 0.717) is 11.5 Å². The van der Waals surface area contributed by atoms with Crippen LogP contribution in [-0.4, -0.2) is 29.1 Å². The summed E-state index contributed by atoms with van der Waals surface area (Å²) in [6, 6.07) is 1.09. The summed E-state index contributed by atoms with van der Waals surface area (Å²) in [6.45, 7) is 1.59. The molecule has 1 heterocycles. The third kappa shape index (κ3) is 2.59. The Hall–Kier alpha value is -1.30. The van der Waals surface area contributed by atoms with Gasteiger partial charge in [0.05, 0.1) is 5.69 Å². The fourth-order valence-corrected chi connectivity index (χ4v) is 1.42. The second-order valence-electron chi connectivity index (χ2n) is 3.18. The van der Waals surface area contributed by atoms with Crippen LogP contribution in [0.1, 0.15) is 6.92 Å². The summed E-state index contributed by atoms with van der Waals surface area (Å²) in [5.74, 6) is -0.592. The monoisotopic (exact) mass is 273 g/mol. The van der Waals surface area contributed by atoms with Gasteiger partial charge in [-0.2, -0.15) is 0 Å². The number of anilines is 2. The second-order valence-corrected chi connectivity index (χ2v) is 4.10. The summed E-state index contributed by atoms with van der Waals surface area (Å²) in [7, 11) is 1.67. The average molecular weight is 274 g/mol. The predicted octanol–water partition coefficient (Wildman–Crippen LogP) is 1.34. The van der Waals surface area contributed by atoms with Crippen LogP contribution < -0.4 is 10.6 Å². The Labute approximate surface area is 96.0 Å². The number of aromatic nitrogens is 1. The number of likely N-dealkylation sites (N-methyl/N-ethyl adjacent to an activating group) is 1. The van der Waals surface area contributed by atoms with Crippen molar-refractivity contribution >= 4 is 33.4 Å². The predicted molar refractivity (Wildman–Crippen MR) is 61.9 cm³/mol. The van der Waals surface area contributed by atoms with Crippen molar-refractivity contribution in [3.05, 3.63) is 16.7 Å². The zero-order valence-electron chi connectivity index (χ0n) is 8.44. The summed E-state index contributed by atoms with van der Waals surface area (Å²) in [6.07, 6.45) is 1.57. The summed E-state index contributed by atoms with van der Waals surface area (Å²) in [4.78, 5) is 16.3. The highest BCUT2D eigenvalue weighted by molar-refractivity contribution is 9.10. The van der Waals surface area contributed by atoms with Crippen LogP contribution in [0.15, 0.2) is 16.7 Å². The average Bonchev–Trinajstić information content (AvgIpc) is 2.19. The van der Waals surface area contributed by atoms with Crippen molar-refractivity contribution in [1.82, 2.24) is 4.98 Å². The summed E-state index contributed by atoms with van der Waals surface area (Å²) >= 11 is 3.26. The molecule has 15 heavy (non-hydrogen) atoms. The SMILES string of the molecule is CC(C(=O)O)N(C)c1cc(Br)cnc1N. The van der Waals surface area contributed by atoms with Crippen molar-refractivity contribution in [2.24, 2.45) is 0 Å². The van der Waals surface area contributed by atoms with Crippen molar-refractivity contribution in [2.45, 2.75) is 13.0 Å². The molecule has 0 bridgehead atoms. The first kappa shape index (κ1) is 11.8. The van der Waals surface area contributed by atoms with Gasteiger partial charge in [0.15, 0.2) is 0 Å². The lowest BCUT2D eigenvalue weighted by Crippen LogP contribution is -2.36. The maximum absolute atomic E-state index is 10.8. The van der Waals surface area contributed by atoms with Gasteiger partial charge >= 0.3 is 5.97 Å². The molecule has 0 radical (unpaired) electrons. The molecular formula is C9H12BrN3O2. The molecular weight excluding hydrogens is 262 g/mol. The highest BCUT2D eigenvalue weighted by atomic mass is 79.9. The zero-order valence-corrected chi connectivity index (χ0v) is 10.0. The molecule has 82 valence electrons. The van der Waals surface area contributed by atoms with E-state index in [0.717, 1.165) is 4.47 Å². The minimum absolute atomic E-state index is 0.314. The van der Waals surface area contributed by atoms with Gasteiger partial charge in [-0.25, -0.2) is 9.78 Å². The summed E-state index contributed by atoms with van der Waals surface area (Å²) in [5.41, 5.74) is 6.26. The summed E-state index contributed by atoms with van der Waals surface area (Å²) in [5, 5.41) is 8.86. The molecule has 1 rings (SSSR count). The fourth-order valence-electron chi connectivity index (χ4n) is 1.10. The van der Waals surface area contributed by atoms with E-state index in [-0.39, 0.29) is 0 Å². The number of carboxylic acids is 1. The van der Waals surface area contributed by atoms with Crippen LogP contribution in [0.2, 0.25) is 0 Å². The van der Waals surface area contributed by atoms with E-state index in [1.165, 1.54) is 0 Å². The number of nitrogens with zero attached hydrogens (tertiary/aromatic N) is 2. The van der Waals surface area contributed by atoms with Crippen LogP contribution in [0.3, 0.4) is 0 Å². The van der Waals surface area contributed by atoms with Gasteiger partial charge in [0, 0.05) is 17.7 Å². The van der Waals surface area contributed by atoms with Crippen LogP contribution in [0.25, 0.3) is 0 Å². The van der Waals surface area contributed by atoms with Crippen molar-refractivity contribution < 1.29 is 9.90 Å². The van der Waals surface area contributed by atoms with Crippen molar-refractivity contribution in [2.75, 3.05) is 17.7 Å². The topological polar surface area (TPSA) is 79.5 Å². The molecule has 0 spiro atoms. The molecule has 1 unspecified atom stereocenters. The Bertz CT molecular complexity index is 384. The lowest BCUT2D eigenvalue weighted by Gasteiger charge is -2.24. The molecule has 0 saturated carbocycles. The third-order valence-electron chi connectivity index (χ3n) is 2.18. The number of carbonyl (C=O) groups is 1. The van der Waals surface area contributed by atoms with Crippen molar-refractivity contribution in [3.63, 3.8) is 0 Å². The number of pyridine rings is 1. The summed E-state index contributed by atoms with van der Waals surface area (Å²) < 4.78 is 0.760. The lowest BCUT2D eigenvalue weighted by atomic mass is 10.2. The number of halogens is 1. The lowest BCUT2D eigenvalue weighted by molar-refractivity contribution is -0.138. The molecule has 1 atom stereocenters. The van der Waals surface area contributed by atoms with Gasteiger partial charge < -0.3 is 15.7 Å². The van der Waals surface area contributed by atoms with Gasteiger partial charge in [0.2, 0.25) is 0 Å². The molecule has 0 saturated heterocycles. The number of hydrogen-bond acceptors (Lipinski definition) is 4. The number of carboxylic acid groups (broad SMARTS) is 1. The maximum atomic E-state index is 10.8. The van der Waals surface area contributed by atoms with Gasteiger partial charge in [0.1, 0.15) is 11.9 Å². The van der Waals surface area contributed by atoms with E-state index < -0.39 is 12.0 Å². The molecule has 0 aliphatic heterocycles. The van der Waals surface area contributed by atoms with Crippen LogP contribution in [0, 0.1) is 0 Å². The van der Waals surface area contributed by atoms with Crippen molar-refractivity contribution in [1.29, 1.82) is 0 Å². The normalized spacial score (nSPS) is 12.2. The number of rotatable bonds is 3. The number of nitrogens with two attached hydrogens (primary N) is 1. The largest absolute Gasteiger partial charge is 0.480 e. The van der Waals surface area contributed by atoms with Gasteiger partial charge in [-0.3, -0.25) is 0 Å². The smallest absolute Gasteiger partial charge is 0.326 e. The van der Waals surface area contributed by atoms with E-state index in [4.69, 9.17) is 10.8 Å². The first-order chi connectivity index (χ1) is 6.93. The molecule has 0 aromatic carbocycles. The number of hydrogen-bond donors (Lipinski definition) is 2. The molecule has 3 N–H and O–H groups in total. The third-order valence-corrected chi connectivity index (χ3v) is 2.62. The maximum Gasteiger partial charge on any atom is 0.326 e. The fraction of sp³-hybridized carbons (Fsp3) is 0.333. The first-order valence-corrected chi connectivity index (χ1v) is 5.09. The van der Waals surface area contributed by atoms with Gasteiger partial charge in [0.25, 0.3) is 0 Å². The van der Waals surface area contributed by atoms with Crippen LogP contribution in [0.4, 0.5) is 11.5 Å². The van der Waals surface area contributed by atoms with E-state index in [1.54, 1.807) is 31.1 Å². The zero-order chi connectivity index (χ0) is 11.6. The molecule has 5 nitrogen and oxygen atoms in total. The van der Waals surface area contributed by atoms with E-state index >= 15 is 0 Å².